The van der Waals surface area contributed by atoms with E-state index in [1.807, 2.05) is 7.05 Å². The van der Waals surface area contributed by atoms with Gasteiger partial charge in [0.05, 0.1) is 11.5 Å². The monoisotopic (exact) mass is 323 g/mol. The molecule has 1 aromatic heterocycles. The molecule has 0 saturated carbocycles. The van der Waals surface area contributed by atoms with E-state index in [9.17, 15) is 8.42 Å². The molecule has 0 bridgehead atoms. The van der Waals surface area contributed by atoms with Gasteiger partial charge in [-0.25, -0.2) is 8.42 Å². The Bertz CT molecular complexity index is 469. The summed E-state index contributed by atoms with van der Waals surface area (Å²) in [7, 11) is -0.776. The summed E-state index contributed by atoms with van der Waals surface area (Å²) in [5.74, 6) is 0.659. The van der Waals surface area contributed by atoms with Crippen molar-refractivity contribution in [1.82, 2.24) is 4.90 Å². The fourth-order valence-electron chi connectivity index (χ4n) is 1.93. The summed E-state index contributed by atoms with van der Waals surface area (Å²) in [5, 5.41) is 2.05. The van der Waals surface area contributed by atoms with Crippen LogP contribution in [0.15, 0.2) is 15.9 Å². The number of halogens is 1. The average molecular weight is 324 g/mol. The largest absolute Gasteiger partial charge is 0.297 e. The first-order valence-corrected chi connectivity index (χ1v) is 8.59. The van der Waals surface area contributed by atoms with Crippen molar-refractivity contribution in [3.8, 4) is 0 Å². The Morgan fingerprint density at radius 3 is 2.88 bits per heavy atom. The molecule has 1 unspecified atom stereocenters. The highest BCUT2D eigenvalue weighted by molar-refractivity contribution is 9.10. The molecule has 0 aromatic carbocycles. The van der Waals surface area contributed by atoms with Crippen LogP contribution in [0.4, 0.5) is 0 Å². The van der Waals surface area contributed by atoms with Crippen LogP contribution in [-0.4, -0.2) is 37.9 Å². The van der Waals surface area contributed by atoms with E-state index >= 15 is 0 Å². The molecule has 2 rings (SSSR count). The molecule has 3 nitrogen and oxygen atoms in total. The third-order valence-corrected chi connectivity index (χ3v) is 6.29. The maximum Gasteiger partial charge on any atom is 0.151 e. The van der Waals surface area contributed by atoms with E-state index in [0.29, 0.717) is 11.5 Å². The van der Waals surface area contributed by atoms with Crippen LogP contribution in [0.25, 0.3) is 0 Å². The molecule has 1 saturated heterocycles. The van der Waals surface area contributed by atoms with Gasteiger partial charge in [0.25, 0.3) is 0 Å². The molecule has 0 aliphatic carbocycles. The first-order chi connectivity index (χ1) is 7.46. The van der Waals surface area contributed by atoms with Gasteiger partial charge in [0.2, 0.25) is 0 Å². The summed E-state index contributed by atoms with van der Waals surface area (Å²) in [4.78, 5) is 3.40. The highest BCUT2D eigenvalue weighted by Gasteiger charge is 2.30. The second-order valence-corrected chi connectivity index (χ2v) is 8.34. The zero-order valence-electron chi connectivity index (χ0n) is 9.02. The van der Waals surface area contributed by atoms with Crippen LogP contribution in [0.2, 0.25) is 0 Å². The Morgan fingerprint density at radius 2 is 2.38 bits per heavy atom. The molecule has 0 N–H and O–H groups in total. The van der Waals surface area contributed by atoms with Gasteiger partial charge in [0.15, 0.2) is 9.84 Å². The van der Waals surface area contributed by atoms with Gasteiger partial charge in [-0.15, -0.1) is 11.3 Å². The van der Waals surface area contributed by atoms with Crippen LogP contribution >= 0.6 is 27.3 Å². The molecule has 90 valence electrons. The van der Waals surface area contributed by atoms with Gasteiger partial charge in [-0.1, -0.05) is 0 Å². The SMILES string of the molecule is CN(Cc1cc(Br)cs1)C1CCS(=O)(=O)C1. The van der Waals surface area contributed by atoms with E-state index in [1.54, 1.807) is 11.3 Å². The minimum absolute atomic E-state index is 0.186. The normalized spacial score (nSPS) is 24.1. The third kappa shape index (κ3) is 3.06. The molecular formula is C10H14BrNO2S2. The highest BCUT2D eigenvalue weighted by atomic mass is 79.9. The van der Waals surface area contributed by atoms with E-state index < -0.39 is 9.84 Å². The topological polar surface area (TPSA) is 37.4 Å². The van der Waals surface area contributed by atoms with Gasteiger partial charge in [-0.2, -0.15) is 0 Å². The van der Waals surface area contributed by atoms with Crippen LogP contribution < -0.4 is 0 Å². The van der Waals surface area contributed by atoms with E-state index in [4.69, 9.17) is 0 Å². The molecule has 0 amide bonds. The smallest absolute Gasteiger partial charge is 0.151 e. The third-order valence-electron chi connectivity index (χ3n) is 2.86. The maximum absolute atomic E-state index is 11.4. The Balaban J connectivity index is 1.96. The zero-order chi connectivity index (χ0) is 11.8. The summed E-state index contributed by atoms with van der Waals surface area (Å²) in [6, 6.07) is 2.27. The fourth-order valence-corrected chi connectivity index (χ4v) is 5.25. The van der Waals surface area contributed by atoms with Gasteiger partial charge < -0.3 is 0 Å². The Hall–Kier alpha value is 0.0900. The van der Waals surface area contributed by atoms with Crippen molar-refractivity contribution in [2.24, 2.45) is 0 Å². The van der Waals surface area contributed by atoms with Gasteiger partial charge in [-0.05, 0) is 35.5 Å². The predicted molar refractivity (Wildman–Crippen MR) is 70.5 cm³/mol. The van der Waals surface area contributed by atoms with Gasteiger partial charge >= 0.3 is 0 Å². The lowest BCUT2D eigenvalue weighted by molar-refractivity contribution is 0.256. The van der Waals surface area contributed by atoms with E-state index in [-0.39, 0.29) is 6.04 Å². The Morgan fingerprint density at radius 1 is 1.62 bits per heavy atom. The quantitative estimate of drug-likeness (QED) is 0.855. The molecule has 2 heterocycles. The maximum atomic E-state index is 11.4. The molecule has 1 aromatic rings. The number of hydrogen-bond acceptors (Lipinski definition) is 4. The molecule has 16 heavy (non-hydrogen) atoms. The number of rotatable bonds is 3. The predicted octanol–water partition coefficient (Wildman–Crippen LogP) is 2.13. The molecular weight excluding hydrogens is 310 g/mol. The average Bonchev–Trinajstić information content (AvgIpc) is 2.72. The molecule has 6 heteroatoms. The van der Waals surface area contributed by atoms with Crippen molar-refractivity contribution in [3.63, 3.8) is 0 Å². The van der Waals surface area contributed by atoms with Crippen LogP contribution in [0.5, 0.6) is 0 Å². The minimum atomic E-state index is -2.78. The van der Waals surface area contributed by atoms with Crippen LogP contribution in [0.1, 0.15) is 11.3 Å². The minimum Gasteiger partial charge on any atom is -0.297 e. The van der Waals surface area contributed by atoms with Crippen molar-refractivity contribution >= 4 is 37.1 Å². The molecule has 1 aliphatic heterocycles. The Labute approximate surface area is 109 Å². The van der Waals surface area contributed by atoms with Gasteiger partial charge in [0.1, 0.15) is 0 Å². The van der Waals surface area contributed by atoms with Crippen molar-refractivity contribution in [1.29, 1.82) is 0 Å². The molecule has 1 atom stereocenters. The van der Waals surface area contributed by atoms with E-state index in [2.05, 4.69) is 32.3 Å². The van der Waals surface area contributed by atoms with Crippen molar-refractivity contribution in [2.45, 2.75) is 19.0 Å². The van der Waals surface area contributed by atoms with Crippen molar-refractivity contribution < 1.29 is 8.42 Å². The summed E-state index contributed by atoms with van der Waals surface area (Å²) in [6.07, 6.45) is 0.769. The lowest BCUT2D eigenvalue weighted by Crippen LogP contribution is -2.31. The Kier molecular flexibility index (Phi) is 3.73. The number of nitrogens with zero attached hydrogens (tertiary/aromatic N) is 1. The van der Waals surface area contributed by atoms with Gasteiger partial charge in [-0.3, -0.25) is 4.90 Å². The first kappa shape index (κ1) is 12.5. The first-order valence-electron chi connectivity index (χ1n) is 5.10. The molecule has 1 aliphatic rings. The standard InChI is InChI=1S/C10H14BrNO2S2/c1-12(5-10-4-8(11)6-15-10)9-2-3-16(13,14)7-9/h4,6,9H,2-3,5,7H2,1H3. The second-order valence-electron chi connectivity index (χ2n) is 4.20. The summed E-state index contributed by atoms with van der Waals surface area (Å²) in [5.41, 5.74) is 0. The van der Waals surface area contributed by atoms with E-state index in [1.165, 1.54) is 4.88 Å². The van der Waals surface area contributed by atoms with Crippen LogP contribution in [0, 0.1) is 0 Å². The lowest BCUT2D eigenvalue weighted by atomic mass is 10.2. The lowest BCUT2D eigenvalue weighted by Gasteiger charge is -2.22. The summed E-state index contributed by atoms with van der Waals surface area (Å²) < 4.78 is 23.8. The summed E-state index contributed by atoms with van der Waals surface area (Å²) >= 11 is 5.12. The summed E-state index contributed by atoms with van der Waals surface area (Å²) in [6.45, 7) is 0.830. The molecule has 0 spiro atoms. The fraction of sp³-hybridized carbons (Fsp3) is 0.600. The second kappa shape index (κ2) is 4.76. The number of sulfone groups is 1. The highest BCUT2D eigenvalue weighted by Crippen LogP contribution is 2.23. The van der Waals surface area contributed by atoms with Gasteiger partial charge in [0, 0.05) is 27.3 Å². The van der Waals surface area contributed by atoms with Crippen LogP contribution in [0.3, 0.4) is 0 Å². The van der Waals surface area contributed by atoms with E-state index in [0.717, 1.165) is 17.4 Å². The number of hydrogen-bond donors (Lipinski definition) is 0. The molecule has 0 radical (unpaired) electrons. The van der Waals surface area contributed by atoms with Crippen LogP contribution in [-0.2, 0) is 16.4 Å². The zero-order valence-corrected chi connectivity index (χ0v) is 12.2. The molecule has 1 fully saturated rings. The number of thiophene rings is 1. The van der Waals surface area contributed by atoms with Crippen molar-refractivity contribution in [3.05, 3.63) is 20.8 Å². The van der Waals surface area contributed by atoms with Crippen molar-refractivity contribution in [2.75, 3.05) is 18.6 Å².